The molecule has 3 nitrogen and oxygen atoms in total. The topological polar surface area (TPSA) is 9.72 Å². The molecule has 0 amide bonds. The van der Waals surface area contributed by atoms with Gasteiger partial charge >= 0.3 is 0 Å². The molecule has 0 bridgehead atoms. The Kier molecular flexibility index (Phi) is 3.13. The van der Waals surface area contributed by atoms with Crippen LogP contribution in [0.5, 0.6) is 0 Å². The summed E-state index contributed by atoms with van der Waals surface area (Å²) in [5.41, 5.74) is 0. The van der Waals surface area contributed by atoms with Crippen LogP contribution in [0, 0.1) is 29.6 Å². The fourth-order valence-electron chi connectivity index (χ4n) is 5.65. The van der Waals surface area contributed by atoms with Crippen molar-refractivity contribution in [2.75, 3.05) is 59.9 Å². The van der Waals surface area contributed by atoms with Crippen LogP contribution < -0.4 is 0 Å². The van der Waals surface area contributed by atoms with Gasteiger partial charge in [-0.3, -0.25) is 0 Å². The normalized spacial score (nSPS) is 48.0. The lowest BCUT2D eigenvalue weighted by atomic mass is 10.0. The van der Waals surface area contributed by atoms with Crippen LogP contribution in [0.1, 0.15) is 12.8 Å². The minimum atomic E-state index is 0.983. The van der Waals surface area contributed by atoms with E-state index >= 15 is 0 Å². The van der Waals surface area contributed by atoms with Gasteiger partial charge in [-0.1, -0.05) is 0 Å². The van der Waals surface area contributed by atoms with Crippen LogP contribution in [0.3, 0.4) is 0 Å². The van der Waals surface area contributed by atoms with Crippen molar-refractivity contribution in [3.05, 3.63) is 0 Å². The van der Waals surface area contributed by atoms with Gasteiger partial charge in [0.15, 0.2) is 0 Å². The molecule has 0 radical (unpaired) electrons. The summed E-state index contributed by atoms with van der Waals surface area (Å²) in [4.78, 5) is 7.88. The maximum Gasteiger partial charge on any atom is 0.00258 e. The van der Waals surface area contributed by atoms with Crippen LogP contribution in [-0.2, 0) is 0 Å². The van der Waals surface area contributed by atoms with Gasteiger partial charge in [0.25, 0.3) is 0 Å². The predicted octanol–water partition coefficient (Wildman–Crippen LogP) is 1.07. The third-order valence-corrected chi connectivity index (χ3v) is 6.29. The summed E-state index contributed by atoms with van der Waals surface area (Å²) < 4.78 is 0. The molecule has 0 N–H and O–H groups in total. The van der Waals surface area contributed by atoms with Crippen LogP contribution >= 0.6 is 0 Å². The standard InChI is InChI=1S/C16H29N3/c1-17-6-13-3-12(4-14(13)7-17)5-19-10-15-8-18(2)9-16(15)11-19/h12-16H,3-11H2,1-2H3/t12?,13-,14+,15?,16?. The SMILES string of the molecule is CN1CC2CN(CC3C[C@@H]4CN(C)C[C@@H]4C3)CC2C1. The van der Waals surface area contributed by atoms with Crippen molar-refractivity contribution < 1.29 is 0 Å². The zero-order valence-corrected chi connectivity index (χ0v) is 12.6. The molecule has 19 heavy (non-hydrogen) atoms. The van der Waals surface area contributed by atoms with Gasteiger partial charge in [0.1, 0.15) is 0 Å². The van der Waals surface area contributed by atoms with Crippen LogP contribution in [0.25, 0.3) is 0 Å². The van der Waals surface area contributed by atoms with Crippen molar-refractivity contribution in [3.8, 4) is 0 Å². The first-order chi connectivity index (χ1) is 9.17. The van der Waals surface area contributed by atoms with Crippen molar-refractivity contribution in [2.45, 2.75) is 12.8 Å². The molecule has 4 fully saturated rings. The largest absolute Gasteiger partial charge is 0.306 e. The molecule has 3 unspecified atom stereocenters. The van der Waals surface area contributed by atoms with E-state index in [0.717, 1.165) is 29.6 Å². The second kappa shape index (κ2) is 4.71. The van der Waals surface area contributed by atoms with Gasteiger partial charge in [-0.05, 0) is 56.5 Å². The third kappa shape index (κ3) is 2.34. The molecule has 3 heteroatoms. The van der Waals surface area contributed by atoms with Gasteiger partial charge in [0.2, 0.25) is 0 Å². The Labute approximate surface area is 117 Å². The highest BCUT2D eigenvalue weighted by Crippen LogP contribution is 2.42. The number of hydrogen-bond acceptors (Lipinski definition) is 3. The maximum absolute atomic E-state index is 2.80. The van der Waals surface area contributed by atoms with Gasteiger partial charge in [-0.25, -0.2) is 0 Å². The second-order valence-corrected chi connectivity index (χ2v) is 8.04. The minimum Gasteiger partial charge on any atom is -0.306 e. The summed E-state index contributed by atoms with van der Waals surface area (Å²) in [5.74, 6) is 5.04. The zero-order valence-electron chi connectivity index (χ0n) is 12.6. The molecule has 3 saturated heterocycles. The van der Waals surface area contributed by atoms with Crippen molar-refractivity contribution in [1.82, 2.24) is 14.7 Å². The van der Waals surface area contributed by atoms with Crippen molar-refractivity contribution in [1.29, 1.82) is 0 Å². The molecule has 108 valence electrons. The summed E-state index contributed by atoms with van der Waals surface area (Å²) in [6, 6.07) is 0. The zero-order chi connectivity index (χ0) is 13.0. The molecular weight excluding hydrogens is 234 g/mol. The summed E-state index contributed by atoms with van der Waals surface area (Å²) in [7, 11) is 4.59. The van der Waals surface area contributed by atoms with Crippen LogP contribution in [-0.4, -0.2) is 74.6 Å². The fraction of sp³-hybridized carbons (Fsp3) is 1.00. The lowest BCUT2D eigenvalue weighted by Crippen LogP contribution is -2.31. The monoisotopic (exact) mass is 263 g/mol. The molecule has 1 aliphatic carbocycles. The van der Waals surface area contributed by atoms with Gasteiger partial charge in [0.05, 0.1) is 0 Å². The Morgan fingerprint density at radius 3 is 1.68 bits per heavy atom. The first-order valence-corrected chi connectivity index (χ1v) is 8.27. The molecule has 0 aromatic heterocycles. The van der Waals surface area contributed by atoms with Crippen molar-refractivity contribution in [3.63, 3.8) is 0 Å². The van der Waals surface area contributed by atoms with E-state index in [0.29, 0.717) is 0 Å². The third-order valence-electron chi connectivity index (χ3n) is 6.29. The lowest BCUT2D eigenvalue weighted by Gasteiger charge is -2.23. The summed E-state index contributed by atoms with van der Waals surface area (Å²) in [6.45, 7) is 9.63. The predicted molar refractivity (Wildman–Crippen MR) is 78.1 cm³/mol. The highest BCUT2D eigenvalue weighted by Gasteiger charge is 2.43. The van der Waals surface area contributed by atoms with Crippen molar-refractivity contribution >= 4 is 0 Å². The average molecular weight is 263 g/mol. The number of rotatable bonds is 2. The first kappa shape index (κ1) is 12.6. The van der Waals surface area contributed by atoms with E-state index in [4.69, 9.17) is 0 Å². The number of fused-ring (bicyclic) bond motifs is 2. The quantitative estimate of drug-likeness (QED) is 0.738. The number of likely N-dealkylation sites (tertiary alicyclic amines) is 3. The molecule has 4 aliphatic rings. The van der Waals surface area contributed by atoms with E-state index in [1.807, 2.05) is 0 Å². The summed E-state index contributed by atoms with van der Waals surface area (Å²) in [6.07, 6.45) is 3.03. The number of nitrogens with zero attached hydrogens (tertiary/aromatic N) is 3. The highest BCUT2D eigenvalue weighted by atomic mass is 15.2. The van der Waals surface area contributed by atoms with Gasteiger partial charge in [-0.15, -0.1) is 0 Å². The Morgan fingerprint density at radius 2 is 1.16 bits per heavy atom. The molecule has 1 saturated carbocycles. The molecule has 0 aromatic rings. The summed E-state index contributed by atoms with van der Waals surface area (Å²) in [5, 5.41) is 0. The molecule has 3 aliphatic heterocycles. The van der Waals surface area contributed by atoms with Gasteiger partial charge in [-0.2, -0.15) is 0 Å². The smallest absolute Gasteiger partial charge is 0.00258 e. The summed E-state index contributed by atoms with van der Waals surface area (Å²) >= 11 is 0. The second-order valence-electron chi connectivity index (χ2n) is 8.04. The number of hydrogen-bond donors (Lipinski definition) is 0. The van der Waals surface area contributed by atoms with Crippen LogP contribution in [0.4, 0.5) is 0 Å². The van der Waals surface area contributed by atoms with E-state index < -0.39 is 0 Å². The average Bonchev–Trinajstić information content (AvgIpc) is 2.97. The van der Waals surface area contributed by atoms with E-state index in [9.17, 15) is 0 Å². The molecule has 3 heterocycles. The Balaban J connectivity index is 1.28. The minimum absolute atomic E-state index is 0.983. The molecule has 5 atom stereocenters. The molecule has 0 aromatic carbocycles. The van der Waals surface area contributed by atoms with E-state index in [-0.39, 0.29) is 0 Å². The van der Waals surface area contributed by atoms with Crippen LogP contribution in [0.15, 0.2) is 0 Å². The van der Waals surface area contributed by atoms with Crippen LogP contribution in [0.2, 0.25) is 0 Å². The fourth-order valence-corrected chi connectivity index (χ4v) is 5.65. The molecular formula is C16H29N3. The Bertz CT molecular complexity index is 285. The van der Waals surface area contributed by atoms with E-state index in [2.05, 4.69) is 28.8 Å². The maximum atomic E-state index is 2.80. The highest BCUT2D eigenvalue weighted by molar-refractivity contribution is 4.95. The lowest BCUT2D eigenvalue weighted by molar-refractivity contribution is 0.232. The Hall–Kier alpha value is -0.120. The molecule has 0 spiro atoms. The van der Waals surface area contributed by atoms with Crippen molar-refractivity contribution in [2.24, 2.45) is 29.6 Å². The van der Waals surface area contributed by atoms with E-state index in [1.54, 1.807) is 0 Å². The van der Waals surface area contributed by atoms with Gasteiger partial charge < -0.3 is 14.7 Å². The van der Waals surface area contributed by atoms with Gasteiger partial charge in [0, 0.05) is 45.8 Å². The van der Waals surface area contributed by atoms with E-state index in [1.165, 1.54) is 58.7 Å². The molecule has 4 rings (SSSR count). The Morgan fingerprint density at radius 1 is 0.684 bits per heavy atom. The first-order valence-electron chi connectivity index (χ1n) is 8.27.